The van der Waals surface area contributed by atoms with E-state index in [4.69, 9.17) is 10.8 Å². The smallest absolute Gasteiger partial charge is 0.270 e. The monoisotopic (exact) mass is 201 g/mol. The van der Waals surface area contributed by atoms with Crippen molar-refractivity contribution in [2.45, 2.75) is 12.8 Å². The van der Waals surface area contributed by atoms with Crippen LogP contribution in [0.4, 0.5) is 8.78 Å². The van der Waals surface area contributed by atoms with E-state index in [0.29, 0.717) is 6.92 Å². The van der Waals surface area contributed by atoms with E-state index < -0.39 is 17.6 Å². The van der Waals surface area contributed by atoms with Crippen molar-refractivity contribution in [1.82, 2.24) is 0 Å². The number of halogens is 2. The molecule has 1 aromatic carbocycles. The molecule has 0 aliphatic heterocycles. The van der Waals surface area contributed by atoms with Crippen molar-refractivity contribution >= 4 is 5.91 Å². The topological polar surface area (TPSA) is 63.3 Å². The van der Waals surface area contributed by atoms with Crippen LogP contribution in [0.2, 0.25) is 0 Å². The summed E-state index contributed by atoms with van der Waals surface area (Å²) in [7, 11) is 0. The second-order valence-electron chi connectivity index (χ2n) is 2.98. The molecule has 1 rings (SSSR count). The summed E-state index contributed by atoms with van der Waals surface area (Å²) in [6.07, 6.45) is 0. The third-order valence-electron chi connectivity index (χ3n) is 1.77. The van der Waals surface area contributed by atoms with Gasteiger partial charge in [0.05, 0.1) is 5.56 Å². The van der Waals surface area contributed by atoms with E-state index in [2.05, 4.69) is 0 Å². The fraction of sp³-hybridized carbons (Fsp3) is 0.222. The number of alkyl halides is 2. The Morgan fingerprint density at radius 1 is 1.50 bits per heavy atom. The second-order valence-corrected chi connectivity index (χ2v) is 2.98. The van der Waals surface area contributed by atoms with Gasteiger partial charge < -0.3 is 10.8 Å². The highest BCUT2D eigenvalue weighted by atomic mass is 19.3. The molecular weight excluding hydrogens is 192 g/mol. The molecule has 1 aromatic rings. The molecule has 76 valence electrons. The van der Waals surface area contributed by atoms with Crippen LogP contribution in [0, 0.1) is 0 Å². The zero-order chi connectivity index (χ0) is 10.9. The van der Waals surface area contributed by atoms with Gasteiger partial charge in [0.15, 0.2) is 0 Å². The number of phenols is 1. The van der Waals surface area contributed by atoms with Crippen molar-refractivity contribution in [3.63, 3.8) is 0 Å². The van der Waals surface area contributed by atoms with Crippen molar-refractivity contribution in [2.24, 2.45) is 5.73 Å². The Hall–Kier alpha value is -1.65. The lowest BCUT2D eigenvalue weighted by Gasteiger charge is -2.11. The summed E-state index contributed by atoms with van der Waals surface area (Å²) >= 11 is 0. The van der Waals surface area contributed by atoms with E-state index in [1.165, 1.54) is 0 Å². The summed E-state index contributed by atoms with van der Waals surface area (Å²) in [5.41, 5.74) is 4.22. The minimum atomic E-state index is -3.06. The van der Waals surface area contributed by atoms with Crippen LogP contribution >= 0.6 is 0 Å². The van der Waals surface area contributed by atoms with Crippen molar-refractivity contribution in [3.05, 3.63) is 29.3 Å². The van der Waals surface area contributed by atoms with Crippen LogP contribution in [-0.4, -0.2) is 11.0 Å². The zero-order valence-corrected chi connectivity index (χ0v) is 7.42. The number of carbonyl (C=O) groups is 1. The molecule has 0 aliphatic rings. The van der Waals surface area contributed by atoms with Crippen molar-refractivity contribution in [2.75, 3.05) is 0 Å². The molecule has 3 N–H and O–H groups in total. The molecule has 0 saturated carbocycles. The van der Waals surface area contributed by atoms with Crippen molar-refractivity contribution in [1.29, 1.82) is 0 Å². The van der Waals surface area contributed by atoms with Crippen LogP contribution in [-0.2, 0) is 5.92 Å². The summed E-state index contributed by atoms with van der Waals surface area (Å²) in [6.45, 7) is 0.699. The standard InChI is InChI=1S/C9H9F2NO2/c1-9(10,11)5-2-3-7(13)6(4-5)8(12)14/h2-4,13H,1H3,(H2,12,14). The zero-order valence-electron chi connectivity index (χ0n) is 7.42. The van der Waals surface area contributed by atoms with Crippen LogP contribution in [0.5, 0.6) is 5.75 Å². The van der Waals surface area contributed by atoms with E-state index in [0.717, 1.165) is 18.2 Å². The number of benzene rings is 1. The van der Waals surface area contributed by atoms with Gasteiger partial charge in [-0.25, -0.2) is 8.78 Å². The van der Waals surface area contributed by atoms with Crippen molar-refractivity contribution in [3.8, 4) is 5.75 Å². The Labute approximate surface area is 79.2 Å². The molecule has 0 aliphatic carbocycles. The number of hydrogen-bond donors (Lipinski definition) is 2. The number of carbonyl (C=O) groups excluding carboxylic acids is 1. The summed E-state index contributed by atoms with van der Waals surface area (Å²) in [4.78, 5) is 10.7. The summed E-state index contributed by atoms with van der Waals surface area (Å²) in [6, 6.07) is 2.95. The molecule has 3 nitrogen and oxygen atoms in total. The average molecular weight is 201 g/mol. The average Bonchev–Trinajstić information content (AvgIpc) is 2.02. The molecule has 0 bridgehead atoms. The molecule has 5 heteroatoms. The van der Waals surface area contributed by atoms with Gasteiger partial charge in [-0.15, -0.1) is 0 Å². The summed E-state index contributed by atoms with van der Waals surface area (Å²) in [5.74, 6) is -4.39. The van der Waals surface area contributed by atoms with Crippen molar-refractivity contribution < 1.29 is 18.7 Å². The third-order valence-corrected chi connectivity index (χ3v) is 1.77. The van der Waals surface area contributed by atoms with Gasteiger partial charge in [0, 0.05) is 12.5 Å². The first kappa shape index (κ1) is 10.4. The maximum atomic E-state index is 12.8. The predicted octanol–water partition coefficient (Wildman–Crippen LogP) is 1.60. The van der Waals surface area contributed by atoms with Gasteiger partial charge >= 0.3 is 0 Å². The molecule has 0 spiro atoms. The molecule has 0 saturated heterocycles. The normalized spacial score (nSPS) is 11.4. The number of amides is 1. The van der Waals surface area contributed by atoms with Crippen LogP contribution in [0.25, 0.3) is 0 Å². The minimum Gasteiger partial charge on any atom is -0.507 e. The van der Waals surface area contributed by atoms with Gasteiger partial charge in [-0.05, 0) is 18.2 Å². The van der Waals surface area contributed by atoms with E-state index in [1.807, 2.05) is 0 Å². The maximum Gasteiger partial charge on any atom is 0.270 e. The van der Waals surface area contributed by atoms with Gasteiger partial charge in [-0.3, -0.25) is 4.79 Å². The van der Waals surface area contributed by atoms with Crippen LogP contribution in [0.1, 0.15) is 22.8 Å². The molecule has 0 aromatic heterocycles. The Balaban J connectivity index is 3.27. The molecule has 0 atom stereocenters. The Kier molecular flexibility index (Phi) is 2.42. The molecule has 14 heavy (non-hydrogen) atoms. The highest BCUT2D eigenvalue weighted by Crippen LogP contribution is 2.30. The minimum absolute atomic E-state index is 0.302. The Morgan fingerprint density at radius 3 is 2.50 bits per heavy atom. The van der Waals surface area contributed by atoms with Gasteiger partial charge in [0.1, 0.15) is 5.75 Å². The van der Waals surface area contributed by atoms with Gasteiger partial charge in [0.2, 0.25) is 0 Å². The summed E-state index contributed by atoms with van der Waals surface area (Å²) < 4.78 is 25.6. The highest BCUT2D eigenvalue weighted by molar-refractivity contribution is 5.95. The summed E-state index contributed by atoms with van der Waals surface area (Å²) in [5, 5.41) is 9.13. The largest absolute Gasteiger partial charge is 0.507 e. The number of aromatic hydroxyl groups is 1. The molecular formula is C9H9F2NO2. The third kappa shape index (κ3) is 1.99. The van der Waals surface area contributed by atoms with E-state index in [9.17, 15) is 13.6 Å². The van der Waals surface area contributed by atoms with E-state index in [-0.39, 0.29) is 11.1 Å². The van der Waals surface area contributed by atoms with Gasteiger partial charge in [-0.1, -0.05) is 0 Å². The number of rotatable bonds is 2. The lowest BCUT2D eigenvalue weighted by molar-refractivity contribution is 0.0174. The van der Waals surface area contributed by atoms with Crippen LogP contribution in [0.3, 0.4) is 0 Å². The first-order chi connectivity index (χ1) is 6.32. The van der Waals surface area contributed by atoms with Crippen LogP contribution in [0.15, 0.2) is 18.2 Å². The molecule has 0 radical (unpaired) electrons. The Morgan fingerprint density at radius 2 is 2.07 bits per heavy atom. The first-order valence-corrected chi connectivity index (χ1v) is 3.83. The quantitative estimate of drug-likeness (QED) is 0.763. The molecule has 0 fully saturated rings. The Bertz CT molecular complexity index is 372. The van der Waals surface area contributed by atoms with Gasteiger partial charge in [0.25, 0.3) is 11.8 Å². The van der Waals surface area contributed by atoms with Crippen LogP contribution < -0.4 is 5.73 Å². The lowest BCUT2D eigenvalue weighted by atomic mass is 10.1. The predicted molar refractivity (Wildman–Crippen MR) is 46.2 cm³/mol. The molecule has 1 amide bonds. The second kappa shape index (κ2) is 3.25. The molecule has 0 heterocycles. The fourth-order valence-corrected chi connectivity index (χ4v) is 1.01. The SMILES string of the molecule is CC(F)(F)c1ccc(O)c(C(N)=O)c1. The number of nitrogens with two attached hydrogens (primary N) is 1. The molecule has 0 unspecified atom stereocenters. The highest BCUT2D eigenvalue weighted by Gasteiger charge is 2.25. The first-order valence-electron chi connectivity index (χ1n) is 3.83. The van der Waals surface area contributed by atoms with E-state index in [1.54, 1.807) is 0 Å². The maximum absolute atomic E-state index is 12.8. The number of hydrogen-bond acceptors (Lipinski definition) is 2. The fourth-order valence-electron chi connectivity index (χ4n) is 1.01. The number of primary amides is 1. The van der Waals surface area contributed by atoms with Gasteiger partial charge in [-0.2, -0.15) is 0 Å². The lowest BCUT2D eigenvalue weighted by Crippen LogP contribution is -2.14. The van der Waals surface area contributed by atoms with E-state index >= 15 is 0 Å².